The van der Waals surface area contributed by atoms with E-state index in [1.807, 2.05) is 13.8 Å². The zero-order chi connectivity index (χ0) is 16.5. The van der Waals surface area contributed by atoms with Crippen molar-refractivity contribution < 1.29 is 23.0 Å². The third kappa shape index (κ3) is 3.21. The maximum atomic E-state index is 14.0. The molecule has 2 rings (SSSR count). The molecule has 0 amide bonds. The lowest BCUT2D eigenvalue weighted by atomic mass is 9.87. The van der Waals surface area contributed by atoms with Crippen LogP contribution in [0.5, 0.6) is 5.75 Å². The summed E-state index contributed by atoms with van der Waals surface area (Å²) >= 11 is 1.50. The van der Waals surface area contributed by atoms with E-state index in [2.05, 4.69) is 0 Å². The molecule has 0 saturated carbocycles. The third-order valence-corrected chi connectivity index (χ3v) is 5.31. The molecule has 0 aliphatic carbocycles. The number of carbonyl (C=O) groups excluding carboxylic acids is 1. The van der Waals surface area contributed by atoms with E-state index in [1.54, 1.807) is 6.92 Å². The van der Waals surface area contributed by atoms with Crippen molar-refractivity contribution in [2.45, 2.75) is 43.1 Å². The SMILES string of the molecule is CCOC(=O)C1SC(C)(C)CC1c1ccc(F)c(F)c1OC. The summed E-state index contributed by atoms with van der Waals surface area (Å²) in [7, 11) is 1.30. The summed E-state index contributed by atoms with van der Waals surface area (Å²) in [6.45, 7) is 6.08. The summed E-state index contributed by atoms with van der Waals surface area (Å²) in [5.74, 6) is -2.70. The molecule has 1 aromatic rings. The van der Waals surface area contributed by atoms with Gasteiger partial charge in [-0.2, -0.15) is 4.39 Å². The molecule has 22 heavy (non-hydrogen) atoms. The maximum Gasteiger partial charge on any atom is 0.319 e. The normalized spacial score (nSPS) is 23.4. The molecule has 0 aromatic heterocycles. The highest BCUT2D eigenvalue weighted by molar-refractivity contribution is 8.02. The molecule has 0 spiro atoms. The lowest BCUT2D eigenvalue weighted by Crippen LogP contribution is -2.24. The first-order valence-corrected chi connectivity index (χ1v) is 8.05. The molecule has 0 radical (unpaired) electrons. The van der Waals surface area contributed by atoms with Crippen LogP contribution >= 0.6 is 11.8 Å². The van der Waals surface area contributed by atoms with Gasteiger partial charge in [-0.15, -0.1) is 11.8 Å². The van der Waals surface area contributed by atoms with Crippen molar-refractivity contribution in [1.29, 1.82) is 0 Å². The smallest absolute Gasteiger partial charge is 0.319 e. The fourth-order valence-electron chi connectivity index (χ4n) is 2.87. The highest BCUT2D eigenvalue weighted by Crippen LogP contribution is 2.53. The molecule has 0 bridgehead atoms. The molecule has 122 valence electrons. The van der Waals surface area contributed by atoms with Gasteiger partial charge in [-0.3, -0.25) is 4.79 Å². The number of methoxy groups -OCH3 is 1. The molecular formula is C16H20F2O3S. The molecule has 1 aromatic carbocycles. The molecule has 0 N–H and O–H groups in total. The highest BCUT2D eigenvalue weighted by atomic mass is 32.2. The molecule has 1 saturated heterocycles. The van der Waals surface area contributed by atoms with Gasteiger partial charge in [0.2, 0.25) is 5.82 Å². The van der Waals surface area contributed by atoms with Crippen LogP contribution in [-0.4, -0.2) is 29.7 Å². The molecule has 1 aliphatic heterocycles. The first-order chi connectivity index (χ1) is 10.3. The van der Waals surface area contributed by atoms with Gasteiger partial charge in [-0.1, -0.05) is 19.9 Å². The summed E-state index contributed by atoms with van der Waals surface area (Å²) < 4.78 is 37.4. The van der Waals surface area contributed by atoms with Crippen molar-refractivity contribution in [3.63, 3.8) is 0 Å². The van der Waals surface area contributed by atoms with Crippen molar-refractivity contribution >= 4 is 17.7 Å². The van der Waals surface area contributed by atoms with E-state index in [0.29, 0.717) is 12.0 Å². The Morgan fingerprint density at radius 2 is 2.09 bits per heavy atom. The van der Waals surface area contributed by atoms with E-state index < -0.39 is 16.9 Å². The average molecular weight is 330 g/mol. The van der Waals surface area contributed by atoms with Gasteiger partial charge in [-0.25, -0.2) is 4.39 Å². The van der Waals surface area contributed by atoms with Crippen molar-refractivity contribution in [1.82, 2.24) is 0 Å². The minimum absolute atomic E-state index is 0.127. The van der Waals surface area contributed by atoms with E-state index >= 15 is 0 Å². The lowest BCUT2D eigenvalue weighted by Gasteiger charge is -2.20. The zero-order valence-corrected chi connectivity index (χ0v) is 13.9. The van der Waals surface area contributed by atoms with Gasteiger partial charge in [-0.05, 0) is 19.4 Å². The Morgan fingerprint density at radius 1 is 1.41 bits per heavy atom. The molecule has 6 heteroatoms. The quantitative estimate of drug-likeness (QED) is 0.784. The first-order valence-electron chi connectivity index (χ1n) is 7.17. The monoisotopic (exact) mass is 330 g/mol. The number of carbonyl (C=O) groups is 1. The minimum Gasteiger partial charge on any atom is -0.493 e. The van der Waals surface area contributed by atoms with Gasteiger partial charge in [0.25, 0.3) is 0 Å². The Morgan fingerprint density at radius 3 is 2.68 bits per heavy atom. The predicted molar refractivity (Wildman–Crippen MR) is 82.4 cm³/mol. The predicted octanol–water partition coefficient (Wildman–Crippen LogP) is 3.90. The van der Waals surface area contributed by atoms with E-state index in [1.165, 1.54) is 24.9 Å². The van der Waals surface area contributed by atoms with Crippen LogP contribution in [-0.2, 0) is 9.53 Å². The molecule has 1 aliphatic rings. The molecule has 2 unspecified atom stereocenters. The van der Waals surface area contributed by atoms with Crippen LogP contribution in [0.4, 0.5) is 8.78 Å². The molecule has 1 fully saturated rings. The summed E-state index contributed by atoms with van der Waals surface area (Å²) in [5, 5.41) is -0.450. The Labute approximate surface area is 133 Å². The number of esters is 1. The Hall–Kier alpha value is -1.30. The van der Waals surface area contributed by atoms with Crippen molar-refractivity contribution in [3.8, 4) is 5.75 Å². The summed E-state index contributed by atoms with van der Waals surface area (Å²) in [5.41, 5.74) is 0.512. The Bertz CT molecular complexity index is 575. The molecular weight excluding hydrogens is 310 g/mol. The second-order valence-corrected chi connectivity index (χ2v) is 7.69. The molecule has 2 atom stereocenters. The number of benzene rings is 1. The van der Waals surface area contributed by atoms with Gasteiger partial charge in [0.1, 0.15) is 5.25 Å². The topological polar surface area (TPSA) is 35.5 Å². The number of thioether (sulfide) groups is 1. The lowest BCUT2D eigenvalue weighted by molar-refractivity contribution is -0.142. The van der Waals surface area contributed by atoms with Crippen LogP contribution in [0.15, 0.2) is 12.1 Å². The second kappa shape index (κ2) is 6.44. The van der Waals surface area contributed by atoms with Crippen LogP contribution in [0.25, 0.3) is 0 Å². The van der Waals surface area contributed by atoms with Crippen LogP contribution in [0, 0.1) is 11.6 Å². The van der Waals surface area contributed by atoms with Crippen LogP contribution in [0.1, 0.15) is 38.7 Å². The molecule has 1 heterocycles. The largest absolute Gasteiger partial charge is 0.493 e. The van der Waals surface area contributed by atoms with E-state index in [0.717, 1.165) is 6.07 Å². The van der Waals surface area contributed by atoms with Crippen LogP contribution in [0.2, 0.25) is 0 Å². The highest BCUT2D eigenvalue weighted by Gasteiger charge is 2.46. The summed E-state index contributed by atoms with van der Waals surface area (Å²) in [4.78, 5) is 12.2. The van der Waals surface area contributed by atoms with Crippen molar-refractivity contribution in [2.75, 3.05) is 13.7 Å². The fraction of sp³-hybridized carbons (Fsp3) is 0.562. The van der Waals surface area contributed by atoms with Gasteiger partial charge in [0.15, 0.2) is 11.6 Å². The van der Waals surface area contributed by atoms with Gasteiger partial charge in [0, 0.05) is 16.2 Å². The number of hydrogen-bond acceptors (Lipinski definition) is 4. The Balaban J connectivity index is 2.44. The summed E-state index contributed by atoms with van der Waals surface area (Å²) in [6, 6.07) is 2.57. The fourth-order valence-corrected chi connectivity index (χ4v) is 4.40. The van der Waals surface area contributed by atoms with Gasteiger partial charge >= 0.3 is 5.97 Å². The maximum absolute atomic E-state index is 14.0. The molecule has 3 nitrogen and oxygen atoms in total. The van der Waals surface area contributed by atoms with Crippen LogP contribution in [0.3, 0.4) is 0 Å². The van der Waals surface area contributed by atoms with Crippen LogP contribution < -0.4 is 4.74 Å². The van der Waals surface area contributed by atoms with E-state index in [-0.39, 0.29) is 29.0 Å². The number of halogens is 2. The van der Waals surface area contributed by atoms with Crippen molar-refractivity contribution in [3.05, 3.63) is 29.3 Å². The van der Waals surface area contributed by atoms with E-state index in [9.17, 15) is 13.6 Å². The van der Waals surface area contributed by atoms with Gasteiger partial charge < -0.3 is 9.47 Å². The Kier molecular flexibility index (Phi) is 5.00. The number of ether oxygens (including phenoxy) is 2. The third-order valence-electron chi connectivity index (χ3n) is 3.73. The van der Waals surface area contributed by atoms with Gasteiger partial charge in [0.05, 0.1) is 13.7 Å². The average Bonchev–Trinajstić information content (AvgIpc) is 2.78. The first kappa shape index (κ1) is 17.1. The van der Waals surface area contributed by atoms with Crippen molar-refractivity contribution in [2.24, 2.45) is 0 Å². The zero-order valence-electron chi connectivity index (χ0n) is 13.1. The standard InChI is InChI=1S/C16H20F2O3S/c1-5-21-15(19)14-10(8-16(2,3)22-14)9-6-7-11(17)12(18)13(9)20-4/h6-7,10,14H,5,8H2,1-4H3. The minimum atomic E-state index is -1.02. The van der Waals surface area contributed by atoms with E-state index in [4.69, 9.17) is 9.47 Å². The second-order valence-electron chi connectivity index (χ2n) is 5.84. The number of hydrogen-bond donors (Lipinski definition) is 0. The summed E-state index contributed by atoms with van der Waals surface area (Å²) in [6.07, 6.45) is 0.655. The number of rotatable bonds is 4.